The predicted molar refractivity (Wildman–Crippen MR) is 119 cm³/mol. The van der Waals surface area contributed by atoms with E-state index in [1.54, 1.807) is 16.9 Å². The Morgan fingerprint density at radius 2 is 1.70 bits per heavy atom. The van der Waals surface area contributed by atoms with Crippen molar-refractivity contribution in [3.63, 3.8) is 0 Å². The minimum Gasteiger partial charge on any atom is -0.471 e. The second kappa shape index (κ2) is 11.2. The van der Waals surface area contributed by atoms with Crippen LogP contribution >= 0.6 is 0 Å². The van der Waals surface area contributed by atoms with Crippen LogP contribution in [0.3, 0.4) is 0 Å². The number of carbonyl (C=O) groups is 1. The van der Waals surface area contributed by atoms with Crippen molar-refractivity contribution in [2.45, 2.75) is 27.0 Å². The van der Waals surface area contributed by atoms with Crippen LogP contribution in [0.1, 0.15) is 30.8 Å². The number of ether oxygens (including phenoxy) is 1. The summed E-state index contributed by atoms with van der Waals surface area (Å²) in [4.78, 5) is 14.6. The molecule has 0 spiro atoms. The third kappa shape index (κ3) is 6.19. The van der Waals surface area contributed by atoms with E-state index in [-0.39, 0.29) is 12.6 Å². The number of hydrogen-bond acceptors (Lipinski definition) is 4. The normalized spacial score (nSPS) is 10.9. The smallest absolute Gasteiger partial charge is 0.271 e. The number of amides is 1. The van der Waals surface area contributed by atoms with Crippen LogP contribution in [-0.2, 0) is 6.73 Å². The van der Waals surface area contributed by atoms with Crippen LogP contribution in [0.15, 0.2) is 66.9 Å². The first-order valence-electron chi connectivity index (χ1n) is 10.5. The number of nitrogens with one attached hydrogen (secondary N) is 1. The maximum atomic E-state index is 12.2. The van der Waals surface area contributed by atoms with Crippen molar-refractivity contribution >= 4 is 5.91 Å². The van der Waals surface area contributed by atoms with E-state index in [0.717, 1.165) is 37.4 Å². The molecule has 3 rings (SSSR count). The maximum Gasteiger partial charge on any atom is 0.271 e. The number of benzene rings is 2. The maximum absolute atomic E-state index is 12.2. The molecule has 1 N–H and O–H groups in total. The van der Waals surface area contributed by atoms with Gasteiger partial charge in [-0.05, 0) is 55.4 Å². The molecule has 30 heavy (non-hydrogen) atoms. The monoisotopic (exact) mass is 406 g/mol. The van der Waals surface area contributed by atoms with E-state index in [2.05, 4.69) is 41.3 Å². The SMILES string of the molecule is CCN(CC)CCCNC(=O)c1ccn(COc2ccc(-c3ccccc3)cc2)n1. The molecule has 0 saturated heterocycles. The fourth-order valence-corrected chi connectivity index (χ4v) is 3.20. The Morgan fingerprint density at radius 1 is 1.00 bits per heavy atom. The number of hydrogen-bond donors (Lipinski definition) is 1. The first kappa shape index (κ1) is 21.6. The molecular weight excluding hydrogens is 376 g/mol. The first-order valence-corrected chi connectivity index (χ1v) is 10.5. The molecule has 1 amide bonds. The van der Waals surface area contributed by atoms with Crippen LogP contribution in [0.5, 0.6) is 5.75 Å². The van der Waals surface area contributed by atoms with Crippen molar-refractivity contribution in [2.24, 2.45) is 0 Å². The van der Waals surface area contributed by atoms with E-state index >= 15 is 0 Å². The number of carbonyl (C=O) groups excluding carboxylic acids is 1. The van der Waals surface area contributed by atoms with Gasteiger partial charge in [-0.2, -0.15) is 5.10 Å². The van der Waals surface area contributed by atoms with Gasteiger partial charge in [-0.15, -0.1) is 0 Å². The number of rotatable bonds is 11. The molecule has 0 aliphatic carbocycles. The summed E-state index contributed by atoms with van der Waals surface area (Å²) in [6.45, 7) is 8.24. The summed E-state index contributed by atoms with van der Waals surface area (Å²) < 4.78 is 7.41. The van der Waals surface area contributed by atoms with Crippen LogP contribution in [0.4, 0.5) is 0 Å². The largest absolute Gasteiger partial charge is 0.471 e. The summed E-state index contributed by atoms with van der Waals surface area (Å²) in [7, 11) is 0. The van der Waals surface area contributed by atoms with Gasteiger partial charge in [0.1, 0.15) is 11.4 Å². The van der Waals surface area contributed by atoms with Crippen molar-refractivity contribution in [2.75, 3.05) is 26.2 Å². The van der Waals surface area contributed by atoms with Gasteiger partial charge in [0.25, 0.3) is 5.91 Å². The van der Waals surface area contributed by atoms with Gasteiger partial charge in [0.2, 0.25) is 0 Å². The van der Waals surface area contributed by atoms with Gasteiger partial charge in [0, 0.05) is 12.7 Å². The van der Waals surface area contributed by atoms with Gasteiger partial charge < -0.3 is 15.0 Å². The van der Waals surface area contributed by atoms with E-state index in [9.17, 15) is 4.79 Å². The number of nitrogens with zero attached hydrogens (tertiary/aromatic N) is 3. The van der Waals surface area contributed by atoms with Crippen molar-refractivity contribution in [3.05, 3.63) is 72.6 Å². The van der Waals surface area contributed by atoms with Gasteiger partial charge in [-0.1, -0.05) is 56.3 Å². The quantitative estimate of drug-likeness (QED) is 0.488. The molecule has 3 aromatic rings. The highest BCUT2D eigenvalue weighted by Gasteiger charge is 2.09. The third-order valence-corrected chi connectivity index (χ3v) is 5.03. The van der Waals surface area contributed by atoms with Crippen molar-refractivity contribution < 1.29 is 9.53 Å². The van der Waals surface area contributed by atoms with E-state index < -0.39 is 0 Å². The fourth-order valence-electron chi connectivity index (χ4n) is 3.20. The first-order chi connectivity index (χ1) is 14.7. The van der Waals surface area contributed by atoms with Crippen LogP contribution in [0.2, 0.25) is 0 Å². The summed E-state index contributed by atoms with van der Waals surface area (Å²) in [5.74, 6) is 0.605. The Labute approximate surface area is 178 Å². The lowest BCUT2D eigenvalue weighted by Gasteiger charge is -2.17. The molecule has 158 valence electrons. The van der Waals surface area contributed by atoms with Crippen LogP contribution in [0, 0.1) is 0 Å². The van der Waals surface area contributed by atoms with Gasteiger partial charge in [0.15, 0.2) is 6.73 Å². The highest BCUT2D eigenvalue weighted by atomic mass is 16.5. The molecule has 0 bridgehead atoms. The summed E-state index contributed by atoms with van der Waals surface area (Å²) in [6, 6.07) is 19.9. The topological polar surface area (TPSA) is 59.4 Å². The summed E-state index contributed by atoms with van der Waals surface area (Å²) >= 11 is 0. The standard InChI is InChI=1S/C24H30N4O2/c1-3-27(4-2)17-8-16-25-24(29)23-15-18-28(26-23)19-30-22-13-11-21(12-14-22)20-9-6-5-7-10-20/h5-7,9-15,18H,3-4,8,16-17,19H2,1-2H3,(H,25,29). The molecule has 0 aliphatic rings. The van der Waals surface area contributed by atoms with Crippen LogP contribution in [0.25, 0.3) is 11.1 Å². The van der Waals surface area contributed by atoms with E-state index in [1.165, 1.54) is 5.56 Å². The lowest BCUT2D eigenvalue weighted by atomic mass is 10.1. The molecule has 2 aromatic carbocycles. The lowest BCUT2D eigenvalue weighted by Crippen LogP contribution is -2.30. The highest BCUT2D eigenvalue weighted by Crippen LogP contribution is 2.22. The summed E-state index contributed by atoms with van der Waals surface area (Å²) in [5.41, 5.74) is 2.71. The van der Waals surface area contributed by atoms with Gasteiger partial charge in [-0.3, -0.25) is 4.79 Å². The predicted octanol–water partition coefficient (Wildman–Crippen LogP) is 4.05. The van der Waals surface area contributed by atoms with E-state index in [4.69, 9.17) is 4.74 Å². The molecular formula is C24H30N4O2. The minimum atomic E-state index is -0.152. The Morgan fingerprint density at radius 3 is 2.40 bits per heavy atom. The van der Waals surface area contributed by atoms with Crippen LogP contribution < -0.4 is 10.1 Å². The van der Waals surface area contributed by atoms with Crippen molar-refractivity contribution in [1.82, 2.24) is 20.0 Å². The second-order valence-electron chi connectivity index (χ2n) is 7.04. The molecule has 0 saturated carbocycles. The minimum absolute atomic E-state index is 0.152. The van der Waals surface area contributed by atoms with Crippen molar-refractivity contribution in [3.8, 4) is 16.9 Å². The average Bonchev–Trinajstić information content (AvgIpc) is 3.28. The Kier molecular flexibility index (Phi) is 8.03. The van der Waals surface area contributed by atoms with E-state index in [0.29, 0.717) is 12.2 Å². The summed E-state index contributed by atoms with van der Waals surface area (Å²) in [6.07, 6.45) is 2.68. The fraction of sp³-hybridized carbons (Fsp3) is 0.333. The van der Waals surface area contributed by atoms with Crippen LogP contribution in [-0.4, -0.2) is 46.8 Å². The van der Waals surface area contributed by atoms with Gasteiger partial charge in [-0.25, -0.2) is 4.68 Å². The molecule has 0 aliphatic heterocycles. The van der Waals surface area contributed by atoms with E-state index in [1.807, 2.05) is 42.5 Å². The molecule has 0 radical (unpaired) electrons. The zero-order valence-corrected chi connectivity index (χ0v) is 17.8. The van der Waals surface area contributed by atoms with Gasteiger partial charge >= 0.3 is 0 Å². The second-order valence-corrected chi connectivity index (χ2v) is 7.04. The Bertz CT molecular complexity index is 902. The lowest BCUT2D eigenvalue weighted by molar-refractivity contribution is 0.0944. The highest BCUT2D eigenvalue weighted by molar-refractivity contribution is 5.92. The van der Waals surface area contributed by atoms with Crippen molar-refractivity contribution in [1.29, 1.82) is 0 Å². The zero-order chi connectivity index (χ0) is 21.2. The zero-order valence-electron chi connectivity index (χ0n) is 17.8. The molecule has 0 unspecified atom stereocenters. The molecule has 6 heteroatoms. The molecule has 1 aromatic heterocycles. The average molecular weight is 407 g/mol. The Hall–Kier alpha value is -3.12. The summed E-state index contributed by atoms with van der Waals surface area (Å²) in [5, 5.41) is 7.23. The Balaban J connectivity index is 1.44. The van der Waals surface area contributed by atoms with Gasteiger partial charge in [0.05, 0.1) is 0 Å². The molecule has 1 heterocycles. The third-order valence-electron chi connectivity index (χ3n) is 5.03. The number of aromatic nitrogens is 2. The molecule has 0 fully saturated rings. The molecule has 0 atom stereocenters. The molecule has 6 nitrogen and oxygen atoms in total.